The van der Waals surface area contributed by atoms with Gasteiger partial charge in [-0.25, -0.2) is 4.98 Å². The number of phenolic OH excluding ortho intramolecular Hbond substituents is 1. The third kappa shape index (κ3) is 12.5. The SMILES string of the molecule is C[C@H](NC(=O)[C@H](Cc1ccc(O)cc1)NC(=O)[C@@H]1CCCN1C(=O)[C@@H]1CCCN1C(=O)[C@@H]1CCCN1)C(=O)N[C@@H](CC(=O)O)C(=O)N[C@@H](Cc1cnc[nH]1)C(=O)NCC(=O)O. The fourth-order valence-electron chi connectivity index (χ4n) is 7.67. The van der Waals surface area contributed by atoms with Crippen LogP contribution >= 0.6 is 0 Å². The van der Waals surface area contributed by atoms with Crippen LogP contribution in [0.5, 0.6) is 5.75 Å². The normalized spacial score (nSPS) is 20.4. The standard InChI is InChI=1S/C39H52N10O12/c1-21(33(55)45-28(17-31(51)52)36(58)46-27(16-23-18-40-20-43-23)34(56)42-19-32(53)54)44-35(57)26(15-22-8-10-24(50)11-9-22)47-37(59)29-6-3-13-48(29)39(61)30-7-4-14-49(30)38(60)25-5-2-12-41-25/h8-11,18,20-21,25-30,41,50H,2-7,12-17,19H2,1H3,(H,40,43)(H,42,56)(H,44,57)(H,45,55)(H,46,58)(H,47,59)(H,51,52)(H,53,54)/t21-,25-,26-,27-,28-,29-,30-/m0/s1. The maximum atomic E-state index is 14.0. The van der Waals surface area contributed by atoms with Gasteiger partial charge in [-0.05, 0) is 69.7 Å². The summed E-state index contributed by atoms with van der Waals surface area (Å²) >= 11 is 0. The van der Waals surface area contributed by atoms with E-state index in [-0.39, 0.29) is 43.0 Å². The third-order valence-electron chi connectivity index (χ3n) is 10.8. The van der Waals surface area contributed by atoms with Crippen molar-refractivity contribution in [2.75, 3.05) is 26.2 Å². The molecule has 0 spiro atoms. The lowest BCUT2D eigenvalue weighted by Gasteiger charge is -2.32. The maximum Gasteiger partial charge on any atom is 0.322 e. The first-order chi connectivity index (χ1) is 29.1. The number of nitrogens with zero attached hydrogens (tertiary/aromatic N) is 3. The molecule has 7 amide bonds. The number of benzene rings is 1. The van der Waals surface area contributed by atoms with Crippen LogP contribution in [0.3, 0.4) is 0 Å². The number of aliphatic carboxylic acids is 2. The highest BCUT2D eigenvalue weighted by Crippen LogP contribution is 2.27. The number of phenols is 1. The number of aromatic amines is 1. The molecule has 7 atom stereocenters. The molecule has 0 bridgehead atoms. The zero-order chi connectivity index (χ0) is 44.2. The molecule has 3 saturated heterocycles. The maximum absolute atomic E-state index is 14.0. The van der Waals surface area contributed by atoms with Crippen molar-refractivity contribution in [3.63, 3.8) is 0 Å². The number of amides is 7. The largest absolute Gasteiger partial charge is 0.508 e. The van der Waals surface area contributed by atoms with Crippen molar-refractivity contribution in [3.8, 4) is 5.75 Å². The van der Waals surface area contributed by atoms with Crippen LogP contribution in [-0.4, -0.2) is 157 Å². The summed E-state index contributed by atoms with van der Waals surface area (Å²) < 4.78 is 0. The smallest absolute Gasteiger partial charge is 0.322 e. The molecule has 2 aromatic rings. The van der Waals surface area contributed by atoms with E-state index in [4.69, 9.17) is 5.11 Å². The van der Waals surface area contributed by atoms with E-state index in [1.807, 2.05) is 0 Å². The van der Waals surface area contributed by atoms with Crippen molar-refractivity contribution in [1.82, 2.24) is 51.7 Å². The lowest BCUT2D eigenvalue weighted by atomic mass is 10.0. The van der Waals surface area contributed by atoms with Crippen molar-refractivity contribution >= 4 is 53.3 Å². The molecule has 22 heteroatoms. The molecule has 0 aliphatic carbocycles. The van der Waals surface area contributed by atoms with Crippen LogP contribution in [0.25, 0.3) is 0 Å². The van der Waals surface area contributed by atoms with Gasteiger partial charge in [-0.3, -0.25) is 43.2 Å². The van der Waals surface area contributed by atoms with Crippen LogP contribution in [0.2, 0.25) is 0 Å². The molecule has 1 aromatic heterocycles. The molecule has 3 aliphatic rings. The first-order valence-electron chi connectivity index (χ1n) is 20.1. The number of aromatic nitrogens is 2. The fourth-order valence-corrected chi connectivity index (χ4v) is 7.67. The van der Waals surface area contributed by atoms with Crippen LogP contribution < -0.4 is 31.9 Å². The summed E-state index contributed by atoms with van der Waals surface area (Å²) in [5, 5.41) is 43.5. The molecule has 3 fully saturated rings. The molecular weight excluding hydrogens is 800 g/mol. The molecule has 0 radical (unpaired) electrons. The monoisotopic (exact) mass is 852 g/mol. The van der Waals surface area contributed by atoms with Crippen molar-refractivity contribution in [3.05, 3.63) is 48.0 Å². The zero-order valence-electron chi connectivity index (χ0n) is 33.6. The van der Waals surface area contributed by atoms with E-state index in [2.05, 4.69) is 41.9 Å². The first-order valence-corrected chi connectivity index (χ1v) is 20.1. The van der Waals surface area contributed by atoms with E-state index in [1.165, 1.54) is 48.6 Å². The Morgan fingerprint density at radius 3 is 2.00 bits per heavy atom. The number of carbonyl (C=O) groups is 9. The molecule has 5 rings (SSSR count). The lowest BCUT2D eigenvalue weighted by Crippen LogP contribution is -2.59. The van der Waals surface area contributed by atoms with Gasteiger partial charge in [0.05, 0.1) is 18.8 Å². The summed E-state index contributed by atoms with van der Waals surface area (Å²) in [4.78, 5) is 127. The Bertz CT molecular complexity index is 1940. The molecule has 10 N–H and O–H groups in total. The minimum absolute atomic E-state index is 0.0455. The van der Waals surface area contributed by atoms with Gasteiger partial charge in [-0.15, -0.1) is 0 Å². The molecular formula is C39H52N10O12. The number of likely N-dealkylation sites (tertiary alicyclic amines) is 2. The van der Waals surface area contributed by atoms with Gasteiger partial charge in [0.25, 0.3) is 0 Å². The minimum atomic E-state index is -1.76. The fraction of sp³-hybridized carbons (Fsp3) is 0.538. The topological polar surface area (TPSA) is 322 Å². The summed E-state index contributed by atoms with van der Waals surface area (Å²) in [5.74, 6) is -7.87. The Balaban J connectivity index is 1.26. The molecule has 22 nitrogen and oxygen atoms in total. The molecule has 4 heterocycles. The Kier molecular flexibility index (Phi) is 15.7. The molecule has 0 unspecified atom stereocenters. The number of carboxylic acid groups (broad SMARTS) is 2. The number of carboxylic acids is 2. The van der Waals surface area contributed by atoms with Gasteiger partial charge in [-0.1, -0.05) is 12.1 Å². The minimum Gasteiger partial charge on any atom is -0.508 e. The Morgan fingerprint density at radius 1 is 0.738 bits per heavy atom. The molecule has 61 heavy (non-hydrogen) atoms. The Morgan fingerprint density at radius 2 is 1.38 bits per heavy atom. The number of imidazole rings is 1. The van der Waals surface area contributed by atoms with E-state index in [0.717, 1.165) is 13.0 Å². The number of hydrogen-bond donors (Lipinski definition) is 10. The van der Waals surface area contributed by atoms with Gasteiger partial charge in [0.1, 0.15) is 48.5 Å². The van der Waals surface area contributed by atoms with Crippen LogP contribution in [0.15, 0.2) is 36.8 Å². The quantitative estimate of drug-likeness (QED) is 0.0687. The van der Waals surface area contributed by atoms with Crippen LogP contribution in [0, 0.1) is 0 Å². The molecule has 330 valence electrons. The van der Waals surface area contributed by atoms with Gasteiger partial charge >= 0.3 is 11.9 Å². The van der Waals surface area contributed by atoms with Crippen LogP contribution in [0.1, 0.15) is 63.1 Å². The average molecular weight is 853 g/mol. The number of nitrogens with one attached hydrogen (secondary N) is 7. The summed E-state index contributed by atoms with van der Waals surface area (Å²) in [6, 6.07) is -2.11. The number of hydrogen-bond acceptors (Lipinski definition) is 12. The molecule has 0 saturated carbocycles. The summed E-state index contributed by atoms with van der Waals surface area (Å²) in [7, 11) is 0. The average Bonchev–Trinajstić information content (AvgIpc) is 4.07. The highest BCUT2D eigenvalue weighted by molar-refractivity contribution is 5.98. The molecule has 3 aliphatic heterocycles. The van der Waals surface area contributed by atoms with Crippen molar-refractivity contribution in [1.29, 1.82) is 0 Å². The van der Waals surface area contributed by atoms with Crippen LogP contribution in [-0.2, 0) is 56.0 Å². The molecule has 1 aromatic carbocycles. The van der Waals surface area contributed by atoms with Gasteiger partial charge in [-0.2, -0.15) is 0 Å². The Labute approximate surface area is 350 Å². The lowest BCUT2D eigenvalue weighted by molar-refractivity contribution is -0.147. The second-order valence-electron chi connectivity index (χ2n) is 15.3. The predicted molar refractivity (Wildman–Crippen MR) is 211 cm³/mol. The number of aromatic hydroxyl groups is 1. The second kappa shape index (κ2) is 21.1. The van der Waals surface area contributed by atoms with Crippen molar-refractivity contribution in [2.24, 2.45) is 0 Å². The zero-order valence-corrected chi connectivity index (χ0v) is 33.6. The van der Waals surface area contributed by atoms with Crippen LogP contribution in [0.4, 0.5) is 0 Å². The highest BCUT2D eigenvalue weighted by Gasteiger charge is 2.44. The first kappa shape index (κ1) is 45.5. The van der Waals surface area contributed by atoms with E-state index < -0.39 is 90.7 Å². The van der Waals surface area contributed by atoms with Gasteiger partial charge in [0, 0.05) is 37.8 Å². The highest BCUT2D eigenvalue weighted by atomic mass is 16.4. The van der Waals surface area contributed by atoms with E-state index in [1.54, 1.807) is 4.90 Å². The van der Waals surface area contributed by atoms with Crippen molar-refractivity contribution in [2.45, 2.75) is 107 Å². The number of carbonyl (C=O) groups excluding carboxylic acids is 7. The summed E-state index contributed by atoms with van der Waals surface area (Å²) in [6.45, 7) is 1.90. The predicted octanol–water partition coefficient (Wildman–Crippen LogP) is -2.73. The van der Waals surface area contributed by atoms with Gasteiger partial charge in [0.15, 0.2) is 0 Å². The Hall–Kier alpha value is -6.58. The van der Waals surface area contributed by atoms with E-state index >= 15 is 0 Å². The van der Waals surface area contributed by atoms with Gasteiger partial charge in [0.2, 0.25) is 41.4 Å². The van der Waals surface area contributed by atoms with Crippen molar-refractivity contribution < 1.29 is 58.5 Å². The van der Waals surface area contributed by atoms with E-state index in [0.29, 0.717) is 49.9 Å². The third-order valence-corrected chi connectivity index (χ3v) is 10.8. The number of rotatable bonds is 19. The van der Waals surface area contributed by atoms with Gasteiger partial charge < -0.3 is 62.0 Å². The number of H-pyrrole nitrogens is 1. The summed E-state index contributed by atoms with van der Waals surface area (Å²) in [6.07, 6.45) is 4.84. The van der Waals surface area contributed by atoms with E-state index in [9.17, 15) is 53.4 Å². The second-order valence-corrected chi connectivity index (χ2v) is 15.3. The summed E-state index contributed by atoms with van der Waals surface area (Å²) in [5.41, 5.74) is 0.891.